The van der Waals surface area contributed by atoms with Crippen LogP contribution in [0.2, 0.25) is 0 Å². The monoisotopic (exact) mass is 415 g/mol. The molecule has 0 atom stereocenters. The number of hydrogen-bond donors (Lipinski definition) is 2. The lowest BCUT2D eigenvalue weighted by molar-refractivity contribution is 1.19. The lowest BCUT2D eigenvalue weighted by Gasteiger charge is -2.15. The van der Waals surface area contributed by atoms with Gasteiger partial charge in [0, 0.05) is 41.5 Å². The molecule has 0 saturated heterocycles. The zero-order valence-electron chi connectivity index (χ0n) is 17.8. The summed E-state index contributed by atoms with van der Waals surface area (Å²) in [5, 5.41) is 9.58. The molecule has 0 saturated carbocycles. The maximum absolute atomic E-state index is 5.55. The van der Waals surface area contributed by atoms with Gasteiger partial charge in [-0.15, -0.1) is 6.42 Å². The molecule has 0 aliphatic heterocycles. The molecular weight excluding hydrogens is 394 g/mol. The fraction of sp³-hybridized carbons (Fsp3) is 0.0741. The number of fused-ring (bicyclic) bond motifs is 2. The van der Waals surface area contributed by atoms with Crippen LogP contribution in [0, 0.1) is 19.3 Å². The van der Waals surface area contributed by atoms with E-state index in [-0.39, 0.29) is 0 Å². The molecule has 0 amide bonds. The summed E-state index contributed by atoms with van der Waals surface area (Å²) in [7, 11) is 1.82. The van der Waals surface area contributed by atoms with Crippen LogP contribution in [0.4, 0.5) is 17.5 Å². The molecule has 0 aliphatic carbocycles. The van der Waals surface area contributed by atoms with Gasteiger partial charge in [0.15, 0.2) is 0 Å². The molecule has 2 aromatic heterocycles. The molecule has 0 bridgehead atoms. The van der Waals surface area contributed by atoms with Crippen molar-refractivity contribution in [3.05, 3.63) is 84.2 Å². The van der Waals surface area contributed by atoms with E-state index in [9.17, 15) is 0 Å². The van der Waals surface area contributed by atoms with E-state index < -0.39 is 0 Å². The van der Waals surface area contributed by atoms with Crippen molar-refractivity contribution in [1.82, 2.24) is 15.0 Å². The zero-order valence-corrected chi connectivity index (χ0v) is 17.8. The van der Waals surface area contributed by atoms with Crippen LogP contribution < -0.4 is 10.6 Å². The number of aromatic nitrogens is 3. The van der Waals surface area contributed by atoms with Gasteiger partial charge in [-0.1, -0.05) is 30.2 Å². The lowest BCUT2D eigenvalue weighted by atomic mass is 9.93. The van der Waals surface area contributed by atoms with Crippen molar-refractivity contribution >= 4 is 39.1 Å². The second kappa shape index (κ2) is 8.01. The minimum atomic E-state index is 0.613. The number of nitrogens with one attached hydrogen (secondary N) is 2. The number of nitrogens with zero attached hydrogens (tertiary/aromatic N) is 3. The summed E-state index contributed by atoms with van der Waals surface area (Å²) in [6.07, 6.45) is 9.24. The Labute approximate surface area is 186 Å². The Bertz CT molecular complexity index is 1510. The van der Waals surface area contributed by atoms with Gasteiger partial charge in [-0.05, 0) is 65.4 Å². The van der Waals surface area contributed by atoms with Gasteiger partial charge in [0.05, 0.1) is 5.52 Å². The topological polar surface area (TPSA) is 62.7 Å². The van der Waals surface area contributed by atoms with Gasteiger partial charge in [0.1, 0.15) is 5.82 Å². The Morgan fingerprint density at radius 1 is 0.938 bits per heavy atom. The number of rotatable bonds is 4. The van der Waals surface area contributed by atoms with E-state index in [0.717, 1.165) is 44.3 Å². The molecule has 3 aromatic carbocycles. The molecule has 0 unspecified atom stereocenters. The maximum atomic E-state index is 5.55. The second-order valence-electron chi connectivity index (χ2n) is 7.58. The Morgan fingerprint density at radius 3 is 2.69 bits per heavy atom. The third-order valence-electron chi connectivity index (χ3n) is 5.54. The summed E-state index contributed by atoms with van der Waals surface area (Å²) >= 11 is 0. The van der Waals surface area contributed by atoms with Gasteiger partial charge in [0.25, 0.3) is 0 Å². The second-order valence-corrected chi connectivity index (χ2v) is 7.58. The van der Waals surface area contributed by atoms with E-state index in [1.807, 2.05) is 49.8 Å². The summed E-state index contributed by atoms with van der Waals surface area (Å²) in [6.45, 7) is 2.13. The zero-order chi connectivity index (χ0) is 22.1. The minimum absolute atomic E-state index is 0.613. The first-order valence-electron chi connectivity index (χ1n) is 10.3. The fourth-order valence-corrected chi connectivity index (χ4v) is 3.98. The molecule has 0 fully saturated rings. The minimum Gasteiger partial charge on any atom is -0.357 e. The van der Waals surface area contributed by atoms with Crippen molar-refractivity contribution in [1.29, 1.82) is 0 Å². The Kier molecular flexibility index (Phi) is 4.89. The fourth-order valence-electron chi connectivity index (χ4n) is 3.98. The largest absolute Gasteiger partial charge is 0.357 e. The first-order chi connectivity index (χ1) is 15.7. The van der Waals surface area contributed by atoms with Crippen molar-refractivity contribution in [2.45, 2.75) is 6.92 Å². The summed E-state index contributed by atoms with van der Waals surface area (Å²) in [4.78, 5) is 13.5. The Balaban J connectivity index is 1.64. The molecule has 5 nitrogen and oxygen atoms in total. The van der Waals surface area contributed by atoms with E-state index in [2.05, 4.69) is 68.8 Å². The molecule has 0 radical (unpaired) electrons. The van der Waals surface area contributed by atoms with Crippen LogP contribution in [0.1, 0.15) is 11.1 Å². The first kappa shape index (κ1) is 19.5. The quantitative estimate of drug-likeness (QED) is 0.357. The molecule has 32 heavy (non-hydrogen) atoms. The molecule has 154 valence electrons. The summed E-state index contributed by atoms with van der Waals surface area (Å²) in [5.74, 6) is 4.08. The highest BCUT2D eigenvalue weighted by molar-refractivity contribution is 6.04. The molecule has 2 N–H and O–H groups in total. The first-order valence-corrected chi connectivity index (χ1v) is 10.3. The molecule has 5 aromatic rings. The molecule has 5 rings (SSSR count). The van der Waals surface area contributed by atoms with Crippen molar-refractivity contribution in [2.24, 2.45) is 0 Å². The number of terminal acetylenes is 1. The lowest BCUT2D eigenvalue weighted by Crippen LogP contribution is -1.97. The Morgan fingerprint density at radius 2 is 1.84 bits per heavy atom. The third kappa shape index (κ3) is 3.48. The van der Waals surface area contributed by atoms with E-state index in [1.165, 1.54) is 11.1 Å². The number of anilines is 3. The highest BCUT2D eigenvalue weighted by atomic mass is 15.1. The maximum Gasteiger partial charge on any atom is 0.222 e. The predicted molar refractivity (Wildman–Crippen MR) is 132 cm³/mol. The highest BCUT2D eigenvalue weighted by Gasteiger charge is 2.12. The molecule has 2 heterocycles. The van der Waals surface area contributed by atoms with E-state index in [4.69, 9.17) is 6.42 Å². The van der Waals surface area contributed by atoms with Gasteiger partial charge in [0.2, 0.25) is 5.95 Å². The van der Waals surface area contributed by atoms with Gasteiger partial charge < -0.3 is 10.6 Å². The van der Waals surface area contributed by atoms with Crippen LogP contribution in [-0.2, 0) is 0 Å². The smallest absolute Gasteiger partial charge is 0.222 e. The molecule has 5 heteroatoms. The van der Waals surface area contributed by atoms with Gasteiger partial charge in [-0.3, -0.25) is 0 Å². The van der Waals surface area contributed by atoms with Crippen LogP contribution in [0.5, 0.6) is 0 Å². The van der Waals surface area contributed by atoms with E-state index in [0.29, 0.717) is 5.95 Å². The van der Waals surface area contributed by atoms with Crippen molar-refractivity contribution < 1.29 is 0 Å². The van der Waals surface area contributed by atoms with Crippen LogP contribution in [0.15, 0.2) is 73.1 Å². The number of aryl methyl sites for hydroxylation is 1. The van der Waals surface area contributed by atoms with E-state index in [1.54, 1.807) is 0 Å². The van der Waals surface area contributed by atoms with Crippen LogP contribution >= 0.6 is 0 Å². The molecular formula is C27H21N5. The average Bonchev–Trinajstić information content (AvgIpc) is 2.83. The number of pyridine rings is 1. The van der Waals surface area contributed by atoms with Crippen LogP contribution in [0.25, 0.3) is 32.8 Å². The number of hydrogen-bond acceptors (Lipinski definition) is 5. The van der Waals surface area contributed by atoms with Crippen LogP contribution in [0.3, 0.4) is 0 Å². The Hall–Kier alpha value is -4.43. The van der Waals surface area contributed by atoms with Crippen LogP contribution in [-0.4, -0.2) is 22.0 Å². The summed E-state index contributed by atoms with van der Waals surface area (Å²) in [5.41, 5.74) is 6.12. The van der Waals surface area contributed by atoms with Gasteiger partial charge in [-0.2, -0.15) is 0 Å². The standard InChI is InChI=1S/C27H21N5/c1-4-18-6-5-7-21(14-18)31-26-23-10-8-17(2)25(22(23)12-13-29-26)19-9-11-24-20(15-19)16-30-27(28-3)32-24/h1,5-16H,2-3H3,(H,29,31)(H,28,30,32). The van der Waals surface area contributed by atoms with Crippen molar-refractivity contribution in [3.63, 3.8) is 0 Å². The molecule has 0 aliphatic rings. The number of benzene rings is 3. The van der Waals surface area contributed by atoms with Gasteiger partial charge in [-0.25, -0.2) is 15.0 Å². The van der Waals surface area contributed by atoms with Crippen molar-refractivity contribution in [3.8, 4) is 23.5 Å². The third-order valence-corrected chi connectivity index (χ3v) is 5.54. The van der Waals surface area contributed by atoms with Gasteiger partial charge >= 0.3 is 0 Å². The molecule has 0 spiro atoms. The SMILES string of the molecule is C#Cc1cccc(Nc2nccc3c(-c4ccc5nc(NC)ncc5c4)c(C)ccc23)c1. The average molecular weight is 416 g/mol. The predicted octanol–water partition coefficient (Wildman–Crippen LogP) is 5.92. The summed E-state index contributed by atoms with van der Waals surface area (Å²) < 4.78 is 0. The van der Waals surface area contributed by atoms with Crippen molar-refractivity contribution in [2.75, 3.05) is 17.7 Å². The summed E-state index contributed by atoms with van der Waals surface area (Å²) in [6, 6.07) is 20.4. The normalized spacial score (nSPS) is 10.8. The van der Waals surface area contributed by atoms with E-state index >= 15 is 0 Å². The highest BCUT2D eigenvalue weighted by Crippen LogP contribution is 2.36.